The van der Waals surface area contributed by atoms with Crippen molar-refractivity contribution in [2.45, 2.75) is 86.7 Å². The van der Waals surface area contributed by atoms with E-state index < -0.39 is 5.91 Å². The molecule has 0 spiro atoms. The highest BCUT2D eigenvalue weighted by molar-refractivity contribution is 6.00. The number of aldehydes is 1. The number of allylic oxidation sites excluding steroid dienone is 5. The lowest BCUT2D eigenvalue weighted by molar-refractivity contribution is -0.120. The van der Waals surface area contributed by atoms with Gasteiger partial charge in [-0.2, -0.15) is 0 Å². The van der Waals surface area contributed by atoms with Crippen molar-refractivity contribution in [3.63, 3.8) is 0 Å². The average molecular weight is 629 g/mol. The second-order valence-corrected chi connectivity index (χ2v) is 10.1. The van der Waals surface area contributed by atoms with Crippen molar-refractivity contribution >= 4 is 18.1 Å². The van der Waals surface area contributed by atoms with Crippen LogP contribution in [0.5, 0.6) is 0 Å². The maximum Gasteiger partial charge on any atom is 0.269 e. The molecule has 1 aromatic rings. The first-order valence-corrected chi connectivity index (χ1v) is 15.5. The van der Waals surface area contributed by atoms with Crippen molar-refractivity contribution in [2.24, 2.45) is 17.2 Å². The van der Waals surface area contributed by atoms with Crippen LogP contribution in [0.15, 0.2) is 84.3 Å². The van der Waals surface area contributed by atoms with Gasteiger partial charge in [0.1, 0.15) is 12.0 Å². The van der Waals surface area contributed by atoms with Gasteiger partial charge in [-0.1, -0.05) is 89.8 Å². The number of carbonyl (C=O) groups excluding carboxylic acids is 3. The molecule has 0 saturated heterocycles. The zero-order valence-corrected chi connectivity index (χ0v) is 28.8. The van der Waals surface area contributed by atoms with Crippen molar-refractivity contribution in [1.29, 1.82) is 0 Å². The molecule has 0 bridgehead atoms. The van der Waals surface area contributed by atoms with Crippen LogP contribution in [0.4, 0.5) is 4.39 Å². The van der Waals surface area contributed by atoms with E-state index in [-0.39, 0.29) is 34.6 Å². The predicted molar refractivity (Wildman–Crippen MR) is 184 cm³/mol. The molecular weight excluding hydrogens is 571 g/mol. The number of nitrogens with two attached hydrogens (primary N) is 1. The zero-order chi connectivity index (χ0) is 35.0. The van der Waals surface area contributed by atoms with Gasteiger partial charge in [0, 0.05) is 36.4 Å². The van der Waals surface area contributed by atoms with Crippen LogP contribution in [0.25, 0.3) is 0 Å². The molecule has 3 unspecified atom stereocenters. The number of aryl methyl sites for hydroxylation is 1. The maximum atomic E-state index is 13.7. The average Bonchev–Trinajstić information content (AvgIpc) is 3.39. The molecule has 0 heterocycles. The summed E-state index contributed by atoms with van der Waals surface area (Å²) in [6, 6.07) is 7.83. The molecule has 1 fully saturated rings. The van der Waals surface area contributed by atoms with E-state index in [0.717, 1.165) is 44.6 Å². The normalized spacial score (nSPS) is 19.3. The summed E-state index contributed by atoms with van der Waals surface area (Å²) >= 11 is 0. The summed E-state index contributed by atoms with van der Waals surface area (Å²) < 4.78 is 9.50. The molecule has 1 saturated carbocycles. The van der Waals surface area contributed by atoms with E-state index in [9.17, 15) is 18.8 Å². The van der Waals surface area contributed by atoms with Gasteiger partial charge >= 0.3 is 0 Å². The third-order valence-electron chi connectivity index (χ3n) is 7.50. The van der Waals surface area contributed by atoms with Crippen LogP contribution in [-0.2, 0) is 27.3 Å². The lowest BCUT2D eigenvalue weighted by atomic mass is 9.76. The van der Waals surface area contributed by atoms with E-state index in [2.05, 4.69) is 56.2 Å². The van der Waals surface area contributed by atoms with Crippen LogP contribution in [0.1, 0.15) is 78.9 Å². The third-order valence-corrected chi connectivity index (χ3v) is 7.50. The first kappa shape index (κ1) is 43.3. The summed E-state index contributed by atoms with van der Waals surface area (Å²) in [5.74, 6) is 5.65. The number of hydrazine groups is 1. The Morgan fingerprint density at radius 1 is 1.16 bits per heavy atom. The molecule has 1 aromatic carbocycles. The molecular formula is C36H57FN4O4. The van der Waals surface area contributed by atoms with Gasteiger partial charge in [0.05, 0.1) is 7.18 Å². The number of alkyl halides is 1. The van der Waals surface area contributed by atoms with Gasteiger partial charge in [-0.05, 0) is 68.7 Å². The quantitative estimate of drug-likeness (QED) is 0.0512. The van der Waals surface area contributed by atoms with Crippen molar-refractivity contribution in [2.75, 3.05) is 14.3 Å². The van der Waals surface area contributed by atoms with Crippen LogP contribution < -0.4 is 16.5 Å². The molecule has 2 amide bonds. The smallest absolute Gasteiger partial charge is 0.269 e. The van der Waals surface area contributed by atoms with Gasteiger partial charge in [-0.25, -0.2) is 5.84 Å². The highest BCUT2D eigenvalue weighted by Gasteiger charge is 2.44. The molecule has 2 rings (SSSR count). The Kier molecular flexibility index (Phi) is 23.6. The predicted octanol–water partition coefficient (Wildman–Crippen LogP) is 6.25. The van der Waals surface area contributed by atoms with Crippen LogP contribution in [0, 0.1) is 11.3 Å². The van der Waals surface area contributed by atoms with E-state index in [1.165, 1.54) is 22.7 Å². The molecule has 1 aliphatic carbocycles. The van der Waals surface area contributed by atoms with E-state index in [0.29, 0.717) is 19.4 Å². The van der Waals surface area contributed by atoms with Crippen LogP contribution in [0.2, 0.25) is 0 Å². The Balaban J connectivity index is 0. The Morgan fingerprint density at radius 2 is 1.78 bits per heavy atom. The topological polar surface area (TPSA) is 125 Å². The molecule has 0 aliphatic heterocycles. The Morgan fingerprint density at radius 3 is 2.33 bits per heavy atom. The molecule has 3 atom stereocenters. The molecule has 0 radical (unpaired) electrons. The number of nitrogens with zero attached hydrogens (tertiary/aromatic N) is 1. The van der Waals surface area contributed by atoms with E-state index >= 15 is 0 Å². The molecule has 45 heavy (non-hydrogen) atoms. The minimum Gasteiger partial charge on any atom is -0.400 e. The third kappa shape index (κ3) is 13.8. The SMILES string of the molecule is C=C(/C=C(/C(=O)NC1CCC(/C=C/C=O)C1(C)/C=C\CC)N(N)/C(C)=C\C)C(=O)NCc1cccc(CC)c1.CC.CF.CO. The number of benzene rings is 1. The highest BCUT2D eigenvalue weighted by Crippen LogP contribution is 2.45. The minimum absolute atomic E-state index is 0.0986. The standard InChI is InChI=1S/C32H44N4O3.C2H6.CH3F.CH4O/c1-7-10-18-32(6)27(15-12-19-37)16-17-29(32)35-31(39)28(36(33)24(5)8-2)20-23(4)30(38)34-22-26-14-11-13-25(9-3)21-26;3*1-2/h8,10-15,18-21,27,29H,4,7,9,16-17,22,33H2,1-3,5-6H3,(H,34,38)(H,35,39);1-2H3;1H3;2H,1H3/b15-12+,18-10-,24-8-,28-20-;;;. The lowest BCUT2D eigenvalue weighted by Crippen LogP contribution is -2.47. The monoisotopic (exact) mass is 628 g/mol. The summed E-state index contributed by atoms with van der Waals surface area (Å²) in [7, 11) is 1.50. The summed E-state index contributed by atoms with van der Waals surface area (Å²) in [6.45, 7) is 18.1. The second-order valence-electron chi connectivity index (χ2n) is 10.1. The second kappa shape index (κ2) is 24.5. The Bertz CT molecular complexity index is 1180. The molecule has 0 aromatic heterocycles. The fraction of sp³-hybridized carbons (Fsp3) is 0.472. The van der Waals surface area contributed by atoms with E-state index in [1.54, 1.807) is 13.0 Å². The largest absolute Gasteiger partial charge is 0.400 e. The van der Waals surface area contributed by atoms with E-state index in [1.807, 2.05) is 45.0 Å². The summed E-state index contributed by atoms with van der Waals surface area (Å²) in [5.41, 5.74) is 2.68. The van der Waals surface area contributed by atoms with E-state index in [4.69, 9.17) is 10.9 Å². The zero-order valence-electron chi connectivity index (χ0n) is 28.8. The van der Waals surface area contributed by atoms with Gasteiger partial charge < -0.3 is 15.7 Å². The van der Waals surface area contributed by atoms with Gasteiger partial charge in [0.25, 0.3) is 11.8 Å². The summed E-state index contributed by atoms with van der Waals surface area (Å²) in [6.07, 6.45) is 15.0. The van der Waals surface area contributed by atoms with Gasteiger partial charge in [0.2, 0.25) is 0 Å². The first-order valence-electron chi connectivity index (χ1n) is 15.5. The fourth-order valence-corrected chi connectivity index (χ4v) is 4.84. The highest BCUT2D eigenvalue weighted by atomic mass is 19.1. The number of amides is 2. The van der Waals surface area contributed by atoms with Crippen LogP contribution in [0.3, 0.4) is 0 Å². The number of hydrogen-bond donors (Lipinski definition) is 4. The molecule has 1 aliphatic rings. The first-order chi connectivity index (χ1) is 21.6. The van der Waals surface area contributed by atoms with Crippen molar-refractivity contribution in [3.8, 4) is 0 Å². The number of rotatable bonds is 13. The summed E-state index contributed by atoms with van der Waals surface area (Å²) in [5, 5.41) is 14.3. The summed E-state index contributed by atoms with van der Waals surface area (Å²) in [4.78, 5) is 37.5. The van der Waals surface area contributed by atoms with Crippen molar-refractivity contribution in [3.05, 3.63) is 95.4 Å². The lowest BCUT2D eigenvalue weighted by Gasteiger charge is -2.34. The molecule has 5 N–H and O–H groups in total. The number of aliphatic hydroxyl groups is 1. The van der Waals surface area contributed by atoms with Crippen molar-refractivity contribution in [1.82, 2.24) is 15.6 Å². The van der Waals surface area contributed by atoms with Crippen LogP contribution >= 0.6 is 0 Å². The van der Waals surface area contributed by atoms with Gasteiger partial charge in [-0.3, -0.25) is 23.8 Å². The van der Waals surface area contributed by atoms with Gasteiger partial charge in [-0.15, -0.1) is 0 Å². The number of halogens is 1. The minimum atomic E-state index is -0.399. The number of nitrogens with one attached hydrogen (secondary N) is 2. The Labute approximate surface area is 271 Å². The Hall–Kier alpha value is -3.82. The maximum absolute atomic E-state index is 13.7. The molecule has 9 heteroatoms. The number of carbonyl (C=O) groups is 3. The number of aliphatic hydroxyl groups excluding tert-OH is 1. The molecule has 8 nitrogen and oxygen atoms in total. The fourth-order valence-electron chi connectivity index (χ4n) is 4.84. The van der Waals surface area contributed by atoms with Gasteiger partial charge in [0.15, 0.2) is 0 Å². The number of hydrogen-bond acceptors (Lipinski definition) is 6. The van der Waals surface area contributed by atoms with Crippen LogP contribution in [-0.4, -0.2) is 48.5 Å². The van der Waals surface area contributed by atoms with Crippen molar-refractivity contribution < 1.29 is 23.9 Å². The molecule has 252 valence electrons.